The Labute approximate surface area is 154 Å². The van der Waals surface area contributed by atoms with Crippen LogP contribution in [0.3, 0.4) is 0 Å². The molecule has 0 aliphatic carbocycles. The van der Waals surface area contributed by atoms with Crippen LogP contribution in [0.25, 0.3) is 0 Å². The molecule has 1 amide bonds. The quantitative estimate of drug-likeness (QED) is 0.840. The zero-order chi connectivity index (χ0) is 18.5. The molecule has 0 aromatic heterocycles. The number of benzene rings is 1. The molecule has 0 unspecified atom stereocenters. The molecular weight excluding hydrogens is 332 g/mol. The Morgan fingerprint density at radius 1 is 1.31 bits per heavy atom. The maximum atomic E-state index is 11.8. The molecule has 1 saturated heterocycles. The van der Waals surface area contributed by atoms with Crippen molar-refractivity contribution >= 4 is 11.9 Å². The van der Waals surface area contributed by atoms with Gasteiger partial charge in [-0.05, 0) is 49.4 Å². The number of rotatable bonds is 6. The van der Waals surface area contributed by atoms with Gasteiger partial charge in [0.25, 0.3) is 0 Å². The van der Waals surface area contributed by atoms with E-state index in [9.17, 15) is 9.59 Å². The van der Waals surface area contributed by atoms with Crippen LogP contribution in [-0.4, -0.2) is 65.6 Å². The minimum Gasteiger partial charge on any atom is -0.493 e. The van der Waals surface area contributed by atoms with Crippen molar-refractivity contribution in [2.75, 3.05) is 32.8 Å². The van der Waals surface area contributed by atoms with Gasteiger partial charge in [-0.25, -0.2) is 0 Å². The Hall–Kier alpha value is -2.08. The van der Waals surface area contributed by atoms with E-state index in [4.69, 9.17) is 9.84 Å². The number of aliphatic carboxylic acids is 1. The predicted octanol–water partition coefficient (Wildman–Crippen LogP) is 1.95. The second-order valence-corrected chi connectivity index (χ2v) is 7.26. The lowest BCUT2D eigenvalue weighted by Gasteiger charge is -2.29. The summed E-state index contributed by atoms with van der Waals surface area (Å²) in [5.74, 6) is -0.0674. The third kappa shape index (κ3) is 4.75. The largest absolute Gasteiger partial charge is 0.493 e. The van der Waals surface area contributed by atoms with Crippen LogP contribution in [0, 0.1) is 0 Å². The molecular formula is C20H28N2O4. The molecule has 26 heavy (non-hydrogen) atoms. The van der Waals surface area contributed by atoms with Crippen LogP contribution in [0.1, 0.15) is 37.3 Å². The van der Waals surface area contributed by atoms with Crippen LogP contribution < -0.4 is 4.74 Å². The first-order valence-corrected chi connectivity index (χ1v) is 9.49. The SMILES string of the molecule is CC(=O)N(CC(=O)O)[C@H]1CCCN(CCc2ccc3c(c2)CCO3)CC1. The van der Waals surface area contributed by atoms with Crippen LogP contribution in [0.5, 0.6) is 5.75 Å². The standard InChI is InChI=1S/C20H28N2O4/c1-15(23)22(14-20(24)25)18-3-2-9-21(11-7-18)10-6-16-4-5-19-17(13-16)8-12-26-19/h4-5,13,18H,2-3,6-12,14H2,1H3,(H,24,25)/t18-/m0/s1. The number of likely N-dealkylation sites (tertiary alicyclic amines) is 1. The molecule has 6 heteroatoms. The lowest BCUT2D eigenvalue weighted by Crippen LogP contribution is -2.42. The first-order valence-electron chi connectivity index (χ1n) is 9.49. The number of carbonyl (C=O) groups is 2. The second-order valence-electron chi connectivity index (χ2n) is 7.26. The highest BCUT2D eigenvalue weighted by Gasteiger charge is 2.26. The smallest absolute Gasteiger partial charge is 0.323 e. The summed E-state index contributed by atoms with van der Waals surface area (Å²) in [7, 11) is 0. The molecule has 0 saturated carbocycles. The van der Waals surface area contributed by atoms with Gasteiger partial charge in [-0.3, -0.25) is 9.59 Å². The molecule has 1 fully saturated rings. The van der Waals surface area contributed by atoms with E-state index in [1.54, 1.807) is 0 Å². The molecule has 0 spiro atoms. The maximum absolute atomic E-state index is 11.8. The number of ether oxygens (including phenoxy) is 1. The summed E-state index contributed by atoms with van der Waals surface area (Å²) in [6, 6.07) is 6.51. The van der Waals surface area contributed by atoms with Gasteiger partial charge >= 0.3 is 5.97 Å². The predicted molar refractivity (Wildman–Crippen MR) is 98.4 cm³/mol. The van der Waals surface area contributed by atoms with Crippen LogP contribution in [0.2, 0.25) is 0 Å². The van der Waals surface area contributed by atoms with Crippen molar-refractivity contribution in [2.24, 2.45) is 0 Å². The summed E-state index contributed by atoms with van der Waals surface area (Å²) in [5.41, 5.74) is 2.65. The molecule has 2 heterocycles. The minimum absolute atomic E-state index is 0.0331. The van der Waals surface area contributed by atoms with Gasteiger partial charge in [0.2, 0.25) is 5.91 Å². The van der Waals surface area contributed by atoms with E-state index in [1.807, 2.05) is 0 Å². The highest BCUT2D eigenvalue weighted by molar-refractivity contribution is 5.79. The summed E-state index contributed by atoms with van der Waals surface area (Å²) in [5, 5.41) is 9.05. The number of carboxylic acid groups (broad SMARTS) is 1. The highest BCUT2D eigenvalue weighted by Crippen LogP contribution is 2.26. The molecule has 0 radical (unpaired) electrons. The number of hydrogen-bond donors (Lipinski definition) is 1. The zero-order valence-corrected chi connectivity index (χ0v) is 15.4. The number of carboxylic acids is 1. The topological polar surface area (TPSA) is 70.1 Å². The van der Waals surface area contributed by atoms with Gasteiger partial charge in [0.15, 0.2) is 0 Å². The summed E-state index contributed by atoms with van der Waals surface area (Å²) >= 11 is 0. The fraction of sp³-hybridized carbons (Fsp3) is 0.600. The highest BCUT2D eigenvalue weighted by atomic mass is 16.5. The average Bonchev–Trinajstić information content (AvgIpc) is 2.94. The summed E-state index contributed by atoms with van der Waals surface area (Å²) in [6.07, 6.45) is 4.71. The van der Waals surface area contributed by atoms with Crippen LogP contribution in [0.4, 0.5) is 0 Å². The second kappa shape index (κ2) is 8.54. The third-order valence-corrected chi connectivity index (χ3v) is 5.41. The lowest BCUT2D eigenvalue weighted by atomic mass is 10.1. The first-order chi connectivity index (χ1) is 12.5. The third-order valence-electron chi connectivity index (χ3n) is 5.41. The van der Waals surface area contributed by atoms with Gasteiger partial charge in [0.05, 0.1) is 6.61 Å². The number of hydrogen-bond acceptors (Lipinski definition) is 4. The van der Waals surface area contributed by atoms with Crippen molar-refractivity contribution in [2.45, 2.75) is 45.1 Å². The van der Waals surface area contributed by atoms with Crippen LogP contribution >= 0.6 is 0 Å². The molecule has 1 atom stereocenters. The molecule has 2 aliphatic heterocycles. The van der Waals surface area contributed by atoms with Gasteiger partial charge in [-0.15, -0.1) is 0 Å². The Bertz CT molecular complexity index is 661. The van der Waals surface area contributed by atoms with E-state index >= 15 is 0 Å². The normalized spacial score (nSPS) is 20.1. The van der Waals surface area contributed by atoms with E-state index in [2.05, 4.69) is 23.1 Å². The van der Waals surface area contributed by atoms with Crippen molar-refractivity contribution in [1.29, 1.82) is 0 Å². The number of amides is 1. The lowest BCUT2D eigenvalue weighted by molar-refractivity contribution is -0.145. The molecule has 142 valence electrons. The molecule has 1 aromatic carbocycles. The van der Waals surface area contributed by atoms with E-state index in [0.29, 0.717) is 0 Å². The maximum Gasteiger partial charge on any atom is 0.323 e. The fourth-order valence-corrected chi connectivity index (χ4v) is 4.00. The van der Waals surface area contributed by atoms with Crippen molar-refractivity contribution in [3.05, 3.63) is 29.3 Å². The number of carbonyl (C=O) groups excluding carboxylic acids is 1. The molecule has 6 nitrogen and oxygen atoms in total. The van der Waals surface area contributed by atoms with Crippen molar-refractivity contribution in [1.82, 2.24) is 9.80 Å². The summed E-state index contributed by atoms with van der Waals surface area (Å²) in [6.45, 7) is 4.95. The van der Waals surface area contributed by atoms with Gasteiger partial charge in [0, 0.05) is 32.5 Å². The Morgan fingerprint density at radius 2 is 2.15 bits per heavy atom. The Balaban J connectivity index is 1.52. The average molecular weight is 360 g/mol. The van der Waals surface area contributed by atoms with Gasteiger partial charge in [0.1, 0.15) is 12.3 Å². The monoisotopic (exact) mass is 360 g/mol. The van der Waals surface area contributed by atoms with E-state index in [1.165, 1.54) is 23.0 Å². The number of fused-ring (bicyclic) bond motifs is 1. The van der Waals surface area contributed by atoms with Crippen LogP contribution in [0.15, 0.2) is 18.2 Å². The Kier molecular flexibility index (Phi) is 6.14. The van der Waals surface area contributed by atoms with E-state index in [0.717, 1.165) is 64.1 Å². The molecule has 2 aliphatic rings. The first kappa shape index (κ1) is 18.7. The fourth-order valence-electron chi connectivity index (χ4n) is 4.00. The van der Waals surface area contributed by atoms with Crippen molar-refractivity contribution in [3.8, 4) is 5.75 Å². The van der Waals surface area contributed by atoms with Crippen molar-refractivity contribution < 1.29 is 19.4 Å². The molecule has 0 bridgehead atoms. The summed E-state index contributed by atoms with van der Waals surface area (Å²) < 4.78 is 5.56. The Morgan fingerprint density at radius 3 is 2.92 bits per heavy atom. The molecule has 3 rings (SSSR count). The number of nitrogens with zero attached hydrogens (tertiary/aromatic N) is 2. The zero-order valence-electron chi connectivity index (χ0n) is 15.4. The minimum atomic E-state index is -0.943. The van der Waals surface area contributed by atoms with Crippen molar-refractivity contribution in [3.63, 3.8) is 0 Å². The molecule has 1 aromatic rings. The van der Waals surface area contributed by atoms with Gasteiger partial charge in [-0.2, -0.15) is 0 Å². The summed E-state index contributed by atoms with van der Waals surface area (Å²) in [4.78, 5) is 26.8. The van der Waals surface area contributed by atoms with E-state index < -0.39 is 5.97 Å². The van der Waals surface area contributed by atoms with Gasteiger partial charge in [-0.1, -0.05) is 12.1 Å². The molecule has 1 N–H and O–H groups in total. The van der Waals surface area contributed by atoms with E-state index in [-0.39, 0.29) is 18.5 Å². The van der Waals surface area contributed by atoms with Crippen LogP contribution in [-0.2, 0) is 22.4 Å². The van der Waals surface area contributed by atoms with Gasteiger partial charge < -0.3 is 19.6 Å².